The first kappa shape index (κ1) is 14.4. The van der Waals surface area contributed by atoms with Crippen LogP contribution in [-0.4, -0.2) is 30.0 Å². The molecular weight excluding hydrogens is 265 g/mol. The normalized spacial score (nSPS) is 27.1. The molecule has 3 nitrogen and oxygen atoms in total. The second kappa shape index (κ2) is 6.46. The molecule has 0 bridgehead atoms. The fourth-order valence-corrected chi connectivity index (χ4v) is 3.29. The molecule has 3 rings (SSSR count). The van der Waals surface area contributed by atoms with Gasteiger partial charge < -0.3 is 10.6 Å². The van der Waals surface area contributed by atoms with E-state index in [1.165, 1.54) is 31.7 Å². The average molecular weight is 289 g/mol. The minimum absolute atomic E-state index is 0.150. The number of hydrogen-bond acceptors (Lipinski definition) is 1. The molecule has 1 aliphatic carbocycles. The summed E-state index contributed by atoms with van der Waals surface area (Å²) in [7, 11) is 0. The third-order valence-corrected chi connectivity index (χ3v) is 4.68. The monoisotopic (exact) mass is 289 g/mol. The van der Waals surface area contributed by atoms with E-state index in [-0.39, 0.29) is 5.82 Å². The highest BCUT2D eigenvalue weighted by molar-refractivity contribution is 5.78. The van der Waals surface area contributed by atoms with Crippen molar-refractivity contribution in [3.63, 3.8) is 0 Å². The predicted molar refractivity (Wildman–Crippen MR) is 83.8 cm³/mol. The molecule has 114 valence electrons. The average Bonchev–Trinajstić information content (AvgIpc) is 2.71. The van der Waals surface area contributed by atoms with Gasteiger partial charge >= 0.3 is 0 Å². The number of guanidine groups is 1. The Morgan fingerprint density at radius 2 is 1.86 bits per heavy atom. The molecule has 0 amide bonds. The van der Waals surface area contributed by atoms with Crippen LogP contribution >= 0.6 is 0 Å². The third-order valence-electron chi connectivity index (χ3n) is 4.68. The zero-order valence-electron chi connectivity index (χ0n) is 12.5. The number of rotatable bonds is 2. The summed E-state index contributed by atoms with van der Waals surface area (Å²) < 4.78 is 13.2. The smallest absolute Gasteiger partial charge is 0.191 e. The highest BCUT2D eigenvalue weighted by Crippen LogP contribution is 2.39. The lowest BCUT2D eigenvalue weighted by Crippen LogP contribution is -2.40. The van der Waals surface area contributed by atoms with Gasteiger partial charge in [0.2, 0.25) is 0 Å². The molecule has 1 heterocycles. The number of nitrogens with zero attached hydrogens (tertiary/aromatic N) is 2. The van der Waals surface area contributed by atoms with Crippen molar-refractivity contribution in [2.75, 3.05) is 13.1 Å². The van der Waals surface area contributed by atoms with Crippen LogP contribution in [0.25, 0.3) is 0 Å². The zero-order chi connectivity index (χ0) is 14.7. The first-order valence-corrected chi connectivity index (χ1v) is 8.06. The fraction of sp³-hybridized carbons (Fsp3) is 0.588. The Morgan fingerprint density at radius 1 is 1.14 bits per heavy atom. The summed E-state index contributed by atoms with van der Waals surface area (Å²) in [5, 5.41) is 0. The van der Waals surface area contributed by atoms with E-state index >= 15 is 0 Å². The number of nitrogens with two attached hydrogens (primary N) is 1. The van der Waals surface area contributed by atoms with Crippen molar-refractivity contribution >= 4 is 5.96 Å². The van der Waals surface area contributed by atoms with Gasteiger partial charge in [0, 0.05) is 13.1 Å². The first-order chi connectivity index (χ1) is 10.2. The van der Waals surface area contributed by atoms with E-state index in [0.29, 0.717) is 17.9 Å². The molecule has 0 atom stereocenters. The van der Waals surface area contributed by atoms with Crippen LogP contribution in [0.2, 0.25) is 0 Å². The summed E-state index contributed by atoms with van der Waals surface area (Å²) in [6.07, 6.45) is 7.00. The van der Waals surface area contributed by atoms with Gasteiger partial charge in [-0.25, -0.2) is 9.38 Å². The molecule has 0 radical (unpaired) electrons. The van der Waals surface area contributed by atoms with Crippen molar-refractivity contribution in [1.29, 1.82) is 0 Å². The predicted octanol–water partition coefficient (Wildman–Crippen LogP) is 3.26. The maximum absolute atomic E-state index is 13.2. The Hall–Kier alpha value is -1.58. The summed E-state index contributed by atoms with van der Waals surface area (Å²) in [6.45, 7) is 2.07. The molecule has 4 heteroatoms. The van der Waals surface area contributed by atoms with Gasteiger partial charge in [0.25, 0.3) is 0 Å². The molecule has 21 heavy (non-hydrogen) atoms. The van der Waals surface area contributed by atoms with Gasteiger partial charge in [-0.3, -0.25) is 0 Å². The molecule has 0 aromatic heterocycles. The Morgan fingerprint density at radius 3 is 2.52 bits per heavy atom. The van der Waals surface area contributed by atoms with Gasteiger partial charge in [0.05, 0.1) is 6.04 Å². The molecule has 1 saturated heterocycles. The van der Waals surface area contributed by atoms with E-state index in [0.717, 1.165) is 31.5 Å². The fourth-order valence-electron chi connectivity index (χ4n) is 3.29. The lowest BCUT2D eigenvalue weighted by atomic mass is 9.76. The SMILES string of the molecule is NC(=NC1CC(c2cccc(F)c2)C1)N1CCCCCC1. The van der Waals surface area contributed by atoms with Gasteiger partial charge in [-0.1, -0.05) is 25.0 Å². The van der Waals surface area contributed by atoms with Gasteiger partial charge in [-0.2, -0.15) is 0 Å². The molecule has 2 aliphatic rings. The molecule has 2 N–H and O–H groups in total. The third kappa shape index (κ3) is 3.55. The van der Waals surface area contributed by atoms with Crippen LogP contribution < -0.4 is 5.73 Å². The standard InChI is InChI=1S/C17H24FN3/c18-15-7-5-6-13(10-15)14-11-16(12-14)20-17(19)21-8-3-1-2-4-9-21/h5-7,10,14,16H,1-4,8-9,11-12H2,(H2,19,20). The minimum Gasteiger partial charge on any atom is -0.370 e. The van der Waals surface area contributed by atoms with Crippen molar-refractivity contribution in [1.82, 2.24) is 4.90 Å². The molecule has 1 aromatic rings. The van der Waals surface area contributed by atoms with Crippen molar-refractivity contribution in [3.05, 3.63) is 35.6 Å². The quantitative estimate of drug-likeness (QED) is 0.670. The van der Waals surface area contributed by atoms with Crippen molar-refractivity contribution in [2.45, 2.75) is 50.5 Å². The lowest BCUT2D eigenvalue weighted by molar-refractivity contribution is 0.343. The highest BCUT2D eigenvalue weighted by Gasteiger charge is 2.30. The number of halogens is 1. The Bertz CT molecular complexity index is 501. The highest BCUT2D eigenvalue weighted by atomic mass is 19.1. The van der Waals surface area contributed by atoms with E-state index in [1.54, 1.807) is 12.1 Å². The van der Waals surface area contributed by atoms with E-state index in [1.807, 2.05) is 6.07 Å². The summed E-state index contributed by atoms with van der Waals surface area (Å²) in [6, 6.07) is 7.23. The molecule has 1 saturated carbocycles. The Labute approximate surface area is 126 Å². The molecule has 1 aliphatic heterocycles. The largest absolute Gasteiger partial charge is 0.370 e. The van der Waals surface area contributed by atoms with Gasteiger partial charge in [-0.05, 0) is 49.3 Å². The summed E-state index contributed by atoms with van der Waals surface area (Å²) in [4.78, 5) is 6.90. The van der Waals surface area contributed by atoms with Crippen molar-refractivity contribution < 1.29 is 4.39 Å². The number of hydrogen-bond donors (Lipinski definition) is 1. The van der Waals surface area contributed by atoms with E-state index in [2.05, 4.69) is 9.89 Å². The second-order valence-corrected chi connectivity index (χ2v) is 6.27. The van der Waals surface area contributed by atoms with E-state index in [4.69, 9.17) is 5.73 Å². The van der Waals surface area contributed by atoms with Crippen LogP contribution in [0.4, 0.5) is 4.39 Å². The van der Waals surface area contributed by atoms with Crippen LogP contribution in [0.1, 0.15) is 50.0 Å². The maximum atomic E-state index is 13.2. The zero-order valence-corrected chi connectivity index (χ0v) is 12.5. The van der Waals surface area contributed by atoms with Crippen molar-refractivity contribution in [2.24, 2.45) is 10.7 Å². The number of likely N-dealkylation sites (tertiary alicyclic amines) is 1. The van der Waals surface area contributed by atoms with Gasteiger partial charge in [0.15, 0.2) is 5.96 Å². The van der Waals surface area contributed by atoms with E-state index in [9.17, 15) is 4.39 Å². The molecule has 2 fully saturated rings. The van der Waals surface area contributed by atoms with Crippen LogP contribution in [0.5, 0.6) is 0 Å². The molecule has 0 unspecified atom stereocenters. The molecular formula is C17H24FN3. The van der Waals surface area contributed by atoms with Gasteiger partial charge in [-0.15, -0.1) is 0 Å². The first-order valence-electron chi connectivity index (χ1n) is 8.06. The second-order valence-electron chi connectivity index (χ2n) is 6.27. The number of aliphatic imine (C=N–C) groups is 1. The van der Waals surface area contributed by atoms with E-state index < -0.39 is 0 Å². The topological polar surface area (TPSA) is 41.6 Å². The molecule has 1 aromatic carbocycles. The Balaban J connectivity index is 1.54. The van der Waals surface area contributed by atoms with Crippen molar-refractivity contribution in [3.8, 4) is 0 Å². The summed E-state index contributed by atoms with van der Waals surface area (Å²) >= 11 is 0. The minimum atomic E-state index is -0.150. The summed E-state index contributed by atoms with van der Waals surface area (Å²) in [5.74, 6) is 0.995. The van der Waals surface area contributed by atoms with Gasteiger partial charge in [0.1, 0.15) is 5.82 Å². The van der Waals surface area contributed by atoms with Crippen LogP contribution in [-0.2, 0) is 0 Å². The van der Waals surface area contributed by atoms with Crippen LogP contribution in [0, 0.1) is 5.82 Å². The van der Waals surface area contributed by atoms with Crippen LogP contribution in [0.15, 0.2) is 29.3 Å². The maximum Gasteiger partial charge on any atom is 0.191 e. The lowest BCUT2D eigenvalue weighted by Gasteiger charge is -2.34. The van der Waals surface area contributed by atoms with Crippen LogP contribution in [0.3, 0.4) is 0 Å². The summed E-state index contributed by atoms with van der Waals surface area (Å²) in [5.41, 5.74) is 7.24. The Kier molecular flexibility index (Phi) is 4.42. The number of benzene rings is 1. The molecule has 0 spiro atoms.